The summed E-state index contributed by atoms with van der Waals surface area (Å²) in [6.45, 7) is 0. The molecule has 0 N–H and O–H groups in total. The molecule has 2 aromatic carbocycles. The van der Waals surface area contributed by atoms with Crippen LogP contribution in [0.25, 0.3) is 6.08 Å². The van der Waals surface area contributed by atoms with Gasteiger partial charge in [-0.15, -0.1) is 0 Å². The number of halogens is 1. The Labute approximate surface area is 152 Å². The second-order valence-electron chi connectivity index (χ2n) is 4.74. The summed E-state index contributed by atoms with van der Waals surface area (Å²) in [7, 11) is 1.63. The van der Waals surface area contributed by atoms with Crippen molar-refractivity contribution in [2.75, 3.05) is 12.0 Å². The predicted molar refractivity (Wildman–Crippen MR) is 103 cm³/mol. The molecule has 0 spiro atoms. The standard InChI is InChI=1S/C17H12BrNO2S2/c1-21-12-8-6-11(7-9-12)10-15-16(22)19(17(20)23-15)14-5-3-2-4-13(14)18/h2-10H,1H3. The summed E-state index contributed by atoms with van der Waals surface area (Å²) in [5.41, 5.74) is 1.73. The molecule has 1 aliphatic heterocycles. The van der Waals surface area contributed by atoms with Gasteiger partial charge in [-0.05, 0) is 63.6 Å². The largest absolute Gasteiger partial charge is 0.497 e. The number of carbonyl (C=O) groups excluding carboxylic acids is 1. The molecule has 0 bridgehead atoms. The van der Waals surface area contributed by atoms with Crippen LogP contribution in [0.15, 0.2) is 57.9 Å². The molecule has 6 heteroatoms. The first kappa shape index (κ1) is 16.2. The van der Waals surface area contributed by atoms with Crippen LogP contribution in [0.3, 0.4) is 0 Å². The summed E-state index contributed by atoms with van der Waals surface area (Å²) < 4.78 is 5.98. The summed E-state index contributed by atoms with van der Waals surface area (Å²) >= 11 is 10.1. The number of amides is 1. The van der Waals surface area contributed by atoms with Gasteiger partial charge in [0, 0.05) is 4.47 Å². The number of hydrogen-bond donors (Lipinski definition) is 0. The summed E-state index contributed by atoms with van der Waals surface area (Å²) in [6, 6.07) is 15.2. The number of ether oxygens (including phenoxy) is 1. The van der Waals surface area contributed by atoms with E-state index in [2.05, 4.69) is 15.9 Å². The third kappa shape index (κ3) is 3.34. The second kappa shape index (κ2) is 6.86. The molecule has 1 fully saturated rings. The molecule has 116 valence electrons. The Morgan fingerprint density at radius 3 is 2.52 bits per heavy atom. The molecule has 0 saturated carbocycles. The minimum absolute atomic E-state index is 0.0957. The lowest BCUT2D eigenvalue weighted by molar-refractivity contribution is 0.268. The summed E-state index contributed by atoms with van der Waals surface area (Å²) in [4.78, 5) is 15.2. The molecule has 1 heterocycles. The quantitative estimate of drug-likeness (QED) is 0.497. The number of thiocarbonyl (C=S) groups is 1. The van der Waals surface area contributed by atoms with E-state index in [0.29, 0.717) is 4.99 Å². The van der Waals surface area contributed by atoms with E-state index in [1.807, 2.05) is 54.6 Å². The fraction of sp³-hybridized carbons (Fsp3) is 0.0588. The minimum Gasteiger partial charge on any atom is -0.497 e. The number of nitrogens with zero attached hydrogens (tertiary/aromatic N) is 1. The van der Waals surface area contributed by atoms with Crippen molar-refractivity contribution in [3.63, 3.8) is 0 Å². The van der Waals surface area contributed by atoms with E-state index in [9.17, 15) is 4.79 Å². The van der Waals surface area contributed by atoms with E-state index < -0.39 is 0 Å². The smallest absolute Gasteiger partial charge is 0.296 e. The third-order valence-electron chi connectivity index (χ3n) is 3.30. The normalized spacial score (nSPS) is 16.3. The first-order valence-corrected chi connectivity index (χ1v) is 8.78. The first-order chi connectivity index (χ1) is 11.1. The van der Waals surface area contributed by atoms with Crippen LogP contribution in [-0.4, -0.2) is 17.3 Å². The van der Waals surface area contributed by atoms with Crippen LogP contribution in [-0.2, 0) is 0 Å². The van der Waals surface area contributed by atoms with Gasteiger partial charge in [-0.2, -0.15) is 0 Å². The molecule has 0 aliphatic carbocycles. The highest BCUT2D eigenvalue weighted by atomic mass is 79.9. The lowest BCUT2D eigenvalue weighted by Gasteiger charge is -2.16. The Bertz CT molecular complexity index is 802. The maximum atomic E-state index is 12.4. The zero-order chi connectivity index (χ0) is 16.4. The number of rotatable bonds is 3. The highest BCUT2D eigenvalue weighted by molar-refractivity contribution is 9.10. The molecule has 23 heavy (non-hydrogen) atoms. The molecule has 0 unspecified atom stereocenters. The van der Waals surface area contributed by atoms with Crippen molar-refractivity contribution < 1.29 is 9.53 Å². The van der Waals surface area contributed by atoms with Crippen molar-refractivity contribution in [3.05, 3.63) is 63.5 Å². The average Bonchev–Trinajstić information content (AvgIpc) is 2.83. The van der Waals surface area contributed by atoms with Gasteiger partial charge in [0.25, 0.3) is 5.24 Å². The predicted octanol–water partition coefficient (Wildman–Crippen LogP) is 5.50. The Balaban J connectivity index is 1.91. The van der Waals surface area contributed by atoms with Gasteiger partial charge in [-0.3, -0.25) is 9.69 Å². The molecule has 0 radical (unpaired) electrons. The van der Waals surface area contributed by atoms with E-state index in [0.717, 1.165) is 38.1 Å². The van der Waals surface area contributed by atoms with Gasteiger partial charge < -0.3 is 4.74 Å². The minimum atomic E-state index is -0.0957. The number of carbonyl (C=O) groups is 1. The second-order valence-corrected chi connectivity index (χ2v) is 6.98. The number of hydrogen-bond acceptors (Lipinski definition) is 4. The topological polar surface area (TPSA) is 29.5 Å². The van der Waals surface area contributed by atoms with Crippen molar-refractivity contribution in [1.29, 1.82) is 0 Å². The first-order valence-electron chi connectivity index (χ1n) is 6.76. The number of anilines is 1. The maximum absolute atomic E-state index is 12.4. The highest BCUT2D eigenvalue weighted by Gasteiger charge is 2.33. The number of benzene rings is 2. The third-order valence-corrected chi connectivity index (χ3v) is 5.39. The SMILES string of the molecule is COc1ccc(C=C2SC(=O)N(c3ccccc3Br)C2=S)cc1. The van der Waals surface area contributed by atoms with Crippen molar-refractivity contribution in [2.45, 2.75) is 0 Å². The van der Waals surface area contributed by atoms with Crippen molar-refractivity contribution in [1.82, 2.24) is 0 Å². The summed E-state index contributed by atoms with van der Waals surface area (Å²) in [6.07, 6.45) is 1.92. The van der Waals surface area contributed by atoms with Crippen LogP contribution >= 0.6 is 39.9 Å². The molecule has 2 aromatic rings. The zero-order valence-corrected chi connectivity index (χ0v) is 15.4. The van der Waals surface area contributed by atoms with Crippen LogP contribution < -0.4 is 9.64 Å². The number of para-hydroxylation sites is 1. The zero-order valence-electron chi connectivity index (χ0n) is 12.2. The average molecular weight is 406 g/mol. The fourth-order valence-electron chi connectivity index (χ4n) is 2.16. The van der Waals surface area contributed by atoms with Gasteiger partial charge in [0.2, 0.25) is 0 Å². The lowest BCUT2D eigenvalue weighted by atomic mass is 10.2. The highest BCUT2D eigenvalue weighted by Crippen LogP contribution is 2.39. The van der Waals surface area contributed by atoms with Gasteiger partial charge in [0.05, 0.1) is 17.7 Å². The molecule has 3 rings (SSSR count). The molecular formula is C17H12BrNO2S2. The Kier molecular flexibility index (Phi) is 4.84. The van der Waals surface area contributed by atoms with Gasteiger partial charge in [0.1, 0.15) is 10.7 Å². The molecule has 1 aliphatic rings. The van der Waals surface area contributed by atoms with E-state index >= 15 is 0 Å². The maximum Gasteiger partial charge on any atom is 0.296 e. The van der Waals surface area contributed by atoms with Crippen molar-refractivity contribution in [2.24, 2.45) is 0 Å². The summed E-state index contributed by atoms with van der Waals surface area (Å²) in [5.74, 6) is 0.791. The van der Waals surface area contributed by atoms with Crippen molar-refractivity contribution >= 4 is 61.9 Å². The molecule has 1 amide bonds. The van der Waals surface area contributed by atoms with Gasteiger partial charge in [0.15, 0.2) is 0 Å². The number of methoxy groups -OCH3 is 1. The Morgan fingerprint density at radius 1 is 1.17 bits per heavy atom. The summed E-state index contributed by atoms with van der Waals surface area (Å²) in [5, 5.41) is -0.0957. The van der Waals surface area contributed by atoms with Crippen LogP contribution in [0.5, 0.6) is 5.75 Å². The van der Waals surface area contributed by atoms with Crippen molar-refractivity contribution in [3.8, 4) is 5.75 Å². The number of thioether (sulfide) groups is 1. The van der Waals surface area contributed by atoms with Crippen LogP contribution in [0.2, 0.25) is 0 Å². The Morgan fingerprint density at radius 2 is 1.87 bits per heavy atom. The van der Waals surface area contributed by atoms with Gasteiger partial charge >= 0.3 is 0 Å². The molecular weight excluding hydrogens is 394 g/mol. The van der Waals surface area contributed by atoms with Gasteiger partial charge in [-0.1, -0.05) is 36.5 Å². The van der Waals surface area contributed by atoms with E-state index in [4.69, 9.17) is 17.0 Å². The molecule has 0 aromatic heterocycles. The molecule has 3 nitrogen and oxygen atoms in total. The van der Waals surface area contributed by atoms with E-state index in [-0.39, 0.29) is 5.24 Å². The van der Waals surface area contributed by atoms with Crippen LogP contribution in [0.1, 0.15) is 5.56 Å². The lowest BCUT2D eigenvalue weighted by Crippen LogP contribution is -2.26. The molecule has 1 saturated heterocycles. The monoisotopic (exact) mass is 405 g/mol. The molecule has 0 atom stereocenters. The van der Waals surface area contributed by atoms with Crippen LogP contribution in [0.4, 0.5) is 10.5 Å². The van der Waals surface area contributed by atoms with Crippen LogP contribution in [0, 0.1) is 0 Å². The van der Waals surface area contributed by atoms with E-state index in [1.54, 1.807) is 12.0 Å². The van der Waals surface area contributed by atoms with Gasteiger partial charge in [-0.25, -0.2) is 0 Å². The Hall–Kier alpha value is -1.63. The fourth-order valence-corrected chi connectivity index (χ4v) is 3.89. The van der Waals surface area contributed by atoms with E-state index in [1.165, 1.54) is 0 Å².